The molecule has 0 radical (unpaired) electrons. The van der Waals surface area contributed by atoms with Crippen LogP contribution in [0.5, 0.6) is 0 Å². The fraction of sp³-hybridized carbons (Fsp3) is 0.0435. The Morgan fingerprint density at radius 2 is 1.29 bits per heavy atom. The van der Waals surface area contributed by atoms with Crippen LogP contribution in [0.4, 0.5) is 11.4 Å². The summed E-state index contributed by atoms with van der Waals surface area (Å²) in [5.41, 5.74) is 3.55. The molecule has 0 unspecified atom stereocenters. The molecule has 0 aliphatic rings. The maximum absolute atomic E-state index is 3.60. The van der Waals surface area contributed by atoms with Crippen LogP contribution in [-0.2, 0) is 0 Å². The van der Waals surface area contributed by atoms with E-state index in [1.54, 1.807) is 0 Å². The molecule has 0 aliphatic heterocycles. The Hall–Kier alpha value is -3.06. The Kier molecular flexibility index (Phi) is 2.77. The van der Waals surface area contributed by atoms with Crippen molar-refractivity contribution in [2.45, 2.75) is 6.92 Å². The van der Waals surface area contributed by atoms with E-state index < -0.39 is 0 Å². The van der Waals surface area contributed by atoms with Crippen LogP contribution in [0.3, 0.4) is 0 Å². The number of aryl methyl sites for hydroxylation is 1. The molecule has 0 heterocycles. The van der Waals surface area contributed by atoms with Crippen molar-refractivity contribution in [1.29, 1.82) is 0 Å². The molecule has 114 valence electrons. The maximum atomic E-state index is 3.60. The lowest BCUT2D eigenvalue weighted by Crippen LogP contribution is -1.93. The van der Waals surface area contributed by atoms with Crippen molar-refractivity contribution in [3.63, 3.8) is 0 Å². The predicted molar refractivity (Wildman–Crippen MR) is 105 cm³/mol. The normalized spacial score (nSPS) is 11.5. The van der Waals surface area contributed by atoms with Gasteiger partial charge in [-0.1, -0.05) is 60.7 Å². The predicted octanol–water partition coefficient (Wildman–Crippen LogP) is 6.64. The van der Waals surface area contributed by atoms with Crippen molar-refractivity contribution in [2.75, 3.05) is 5.32 Å². The fourth-order valence-electron chi connectivity index (χ4n) is 3.72. The van der Waals surface area contributed by atoms with Crippen LogP contribution < -0.4 is 5.32 Å². The van der Waals surface area contributed by atoms with Crippen LogP contribution in [0.25, 0.3) is 32.3 Å². The van der Waals surface area contributed by atoms with Gasteiger partial charge in [0.05, 0.1) is 0 Å². The molecule has 0 aliphatic carbocycles. The molecule has 5 aromatic carbocycles. The quantitative estimate of drug-likeness (QED) is 0.361. The Morgan fingerprint density at radius 3 is 2.08 bits per heavy atom. The first-order valence-electron chi connectivity index (χ1n) is 8.30. The van der Waals surface area contributed by atoms with E-state index in [2.05, 4.69) is 91.1 Å². The monoisotopic (exact) mass is 307 g/mol. The van der Waals surface area contributed by atoms with E-state index >= 15 is 0 Å². The zero-order valence-electron chi connectivity index (χ0n) is 13.5. The van der Waals surface area contributed by atoms with E-state index in [-0.39, 0.29) is 0 Å². The van der Waals surface area contributed by atoms with Gasteiger partial charge in [0.15, 0.2) is 0 Å². The second kappa shape index (κ2) is 4.97. The Labute approximate surface area is 140 Å². The van der Waals surface area contributed by atoms with Gasteiger partial charge in [0, 0.05) is 16.8 Å². The van der Waals surface area contributed by atoms with Crippen LogP contribution in [0.2, 0.25) is 0 Å². The maximum Gasteiger partial charge on any atom is 0.0464 e. The molecule has 0 amide bonds. The highest BCUT2D eigenvalue weighted by Gasteiger charge is 2.10. The van der Waals surface area contributed by atoms with Gasteiger partial charge in [-0.2, -0.15) is 0 Å². The zero-order valence-corrected chi connectivity index (χ0v) is 13.5. The molecule has 0 aromatic heterocycles. The highest BCUT2D eigenvalue weighted by Crippen LogP contribution is 2.38. The summed E-state index contributed by atoms with van der Waals surface area (Å²) < 4.78 is 0. The van der Waals surface area contributed by atoms with Gasteiger partial charge in [-0.05, 0) is 57.6 Å². The molecule has 1 nitrogen and oxygen atoms in total. The first kappa shape index (κ1) is 13.4. The van der Waals surface area contributed by atoms with E-state index in [4.69, 9.17) is 0 Å². The molecule has 5 aromatic rings. The third-order valence-electron chi connectivity index (χ3n) is 4.83. The molecular formula is C23H17N. The van der Waals surface area contributed by atoms with Crippen molar-refractivity contribution in [3.8, 4) is 0 Å². The van der Waals surface area contributed by atoms with Crippen molar-refractivity contribution in [1.82, 2.24) is 0 Å². The van der Waals surface area contributed by atoms with Crippen molar-refractivity contribution in [3.05, 3.63) is 84.4 Å². The molecule has 5 rings (SSSR count). The van der Waals surface area contributed by atoms with Gasteiger partial charge in [-0.15, -0.1) is 0 Å². The van der Waals surface area contributed by atoms with E-state index in [0.717, 1.165) is 11.4 Å². The van der Waals surface area contributed by atoms with E-state index in [9.17, 15) is 0 Å². The molecule has 1 heteroatoms. The largest absolute Gasteiger partial charge is 0.355 e. The number of rotatable bonds is 2. The van der Waals surface area contributed by atoms with Gasteiger partial charge in [0.2, 0.25) is 0 Å². The molecule has 0 spiro atoms. The molecule has 24 heavy (non-hydrogen) atoms. The number of anilines is 2. The summed E-state index contributed by atoms with van der Waals surface area (Å²) in [6, 6.07) is 28.3. The summed E-state index contributed by atoms with van der Waals surface area (Å²) >= 11 is 0. The third-order valence-corrected chi connectivity index (χ3v) is 4.83. The molecule has 0 saturated heterocycles. The smallest absolute Gasteiger partial charge is 0.0464 e. The molecular weight excluding hydrogens is 290 g/mol. The SMILES string of the molecule is Cc1cccc(Nc2ccc3ccc4cccc5ccc2c3c45)c1. The van der Waals surface area contributed by atoms with Crippen LogP contribution in [0, 0.1) is 6.92 Å². The fourth-order valence-corrected chi connectivity index (χ4v) is 3.72. The molecule has 0 bridgehead atoms. The molecule has 0 saturated carbocycles. The van der Waals surface area contributed by atoms with E-state index in [1.165, 1.54) is 37.9 Å². The van der Waals surface area contributed by atoms with Gasteiger partial charge >= 0.3 is 0 Å². The highest BCUT2D eigenvalue weighted by molar-refractivity contribution is 6.25. The van der Waals surface area contributed by atoms with Gasteiger partial charge in [0.25, 0.3) is 0 Å². The average molecular weight is 307 g/mol. The van der Waals surface area contributed by atoms with Gasteiger partial charge in [0.1, 0.15) is 0 Å². The summed E-state index contributed by atoms with van der Waals surface area (Å²) in [5.74, 6) is 0. The standard InChI is InChI=1S/C23H17N/c1-15-4-2-7-19(14-15)24-21-13-11-18-9-8-16-5-3-6-17-10-12-20(21)23(18)22(16)17/h2-14,24H,1H3. The minimum atomic E-state index is 1.13. The second-order valence-corrected chi connectivity index (χ2v) is 6.46. The zero-order chi connectivity index (χ0) is 16.1. The molecule has 0 fully saturated rings. The van der Waals surface area contributed by atoms with Crippen LogP contribution >= 0.6 is 0 Å². The number of hydrogen-bond donors (Lipinski definition) is 1. The summed E-state index contributed by atoms with van der Waals surface area (Å²) in [6.45, 7) is 2.12. The number of nitrogens with one attached hydrogen (secondary N) is 1. The van der Waals surface area contributed by atoms with E-state index in [0.29, 0.717) is 0 Å². The summed E-state index contributed by atoms with van der Waals surface area (Å²) in [5, 5.41) is 11.5. The van der Waals surface area contributed by atoms with Gasteiger partial charge in [-0.3, -0.25) is 0 Å². The third kappa shape index (κ3) is 1.95. The van der Waals surface area contributed by atoms with Crippen molar-refractivity contribution >= 4 is 43.7 Å². The first-order chi connectivity index (χ1) is 11.8. The van der Waals surface area contributed by atoms with Crippen molar-refractivity contribution in [2.24, 2.45) is 0 Å². The minimum absolute atomic E-state index is 1.13. The lowest BCUT2D eigenvalue weighted by molar-refractivity contribution is 1.46. The van der Waals surface area contributed by atoms with Gasteiger partial charge in [-0.25, -0.2) is 0 Å². The highest BCUT2D eigenvalue weighted by atomic mass is 14.9. The summed E-state index contributed by atoms with van der Waals surface area (Å²) in [4.78, 5) is 0. The summed E-state index contributed by atoms with van der Waals surface area (Å²) in [7, 11) is 0. The van der Waals surface area contributed by atoms with Gasteiger partial charge < -0.3 is 5.32 Å². The van der Waals surface area contributed by atoms with Crippen LogP contribution in [-0.4, -0.2) is 0 Å². The lowest BCUT2D eigenvalue weighted by Gasteiger charge is -2.15. The number of hydrogen-bond acceptors (Lipinski definition) is 1. The van der Waals surface area contributed by atoms with E-state index in [1.807, 2.05) is 0 Å². The average Bonchev–Trinajstić information content (AvgIpc) is 2.61. The molecule has 1 N–H and O–H groups in total. The Morgan fingerprint density at radius 1 is 0.625 bits per heavy atom. The first-order valence-corrected chi connectivity index (χ1v) is 8.30. The summed E-state index contributed by atoms with van der Waals surface area (Å²) in [6.07, 6.45) is 0. The Balaban J connectivity index is 1.80. The second-order valence-electron chi connectivity index (χ2n) is 6.46. The minimum Gasteiger partial charge on any atom is -0.355 e. The topological polar surface area (TPSA) is 12.0 Å². The lowest BCUT2D eigenvalue weighted by atomic mass is 9.93. The van der Waals surface area contributed by atoms with Crippen LogP contribution in [0.1, 0.15) is 5.56 Å². The van der Waals surface area contributed by atoms with Crippen molar-refractivity contribution < 1.29 is 0 Å². The molecule has 0 atom stereocenters. The Bertz CT molecular complexity index is 1170. The number of benzene rings is 5. The van der Waals surface area contributed by atoms with Crippen LogP contribution in [0.15, 0.2) is 78.9 Å².